The quantitative estimate of drug-likeness (QED) is 0.277. The molecule has 1 aromatic heterocycles. The topological polar surface area (TPSA) is 87.6 Å². The van der Waals surface area contributed by atoms with Crippen LogP contribution in [0.25, 0.3) is 0 Å². The van der Waals surface area contributed by atoms with Gasteiger partial charge in [0.2, 0.25) is 5.88 Å². The molecule has 0 spiro atoms. The van der Waals surface area contributed by atoms with Gasteiger partial charge in [-0.05, 0) is 20.8 Å². The molecule has 7 nitrogen and oxygen atoms in total. The van der Waals surface area contributed by atoms with E-state index in [1.54, 1.807) is 54.6 Å². The molecule has 0 bridgehead atoms. The maximum atomic E-state index is 12.1. The van der Waals surface area contributed by atoms with E-state index < -0.39 is 6.72 Å². The lowest BCUT2D eigenvalue weighted by Crippen LogP contribution is -2.20. The molecule has 1 aliphatic carbocycles. The van der Waals surface area contributed by atoms with E-state index in [4.69, 9.17) is 25.4 Å². The average Bonchev–Trinajstić information content (AvgIpc) is 2.83. The molecule has 0 saturated carbocycles. The molecule has 0 unspecified atom stereocenters. The van der Waals surface area contributed by atoms with Gasteiger partial charge in [-0.25, -0.2) is 4.98 Å². The van der Waals surface area contributed by atoms with E-state index >= 15 is 0 Å². The zero-order chi connectivity index (χ0) is 25.6. The highest BCUT2D eigenvalue weighted by Crippen LogP contribution is 2.49. The molecule has 0 aliphatic heterocycles. The van der Waals surface area contributed by atoms with Gasteiger partial charge in [0.1, 0.15) is 5.82 Å². The van der Waals surface area contributed by atoms with Crippen LogP contribution in [-0.4, -0.2) is 34.7 Å². The second-order valence-electron chi connectivity index (χ2n) is 7.98. The second kappa shape index (κ2) is 11.8. The average molecular weight is 513 g/mol. The number of aromatic nitrogens is 2. The smallest absolute Gasteiger partial charge is 0.381 e. The molecule has 184 valence electrons. The fourth-order valence-corrected chi connectivity index (χ4v) is 5.43. The predicted molar refractivity (Wildman–Crippen MR) is 139 cm³/mol. The highest BCUT2D eigenvalue weighted by atomic mass is 32.5. The predicted octanol–water partition coefficient (Wildman–Crippen LogP) is 6.05. The molecule has 3 aromatic rings. The molecule has 0 fully saturated rings. The van der Waals surface area contributed by atoms with E-state index in [0.29, 0.717) is 41.3 Å². The number of nitrogens with zero attached hydrogens (tertiary/aromatic N) is 2. The minimum Gasteiger partial charge on any atom is -0.406 e. The fourth-order valence-electron chi connectivity index (χ4n) is 3.44. The van der Waals surface area contributed by atoms with Crippen molar-refractivity contribution in [2.75, 3.05) is 13.2 Å². The van der Waals surface area contributed by atoms with Gasteiger partial charge in [0, 0.05) is 51.7 Å². The third kappa shape index (κ3) is 6.47. The SMILES string of the molecule is CCOP(=S)(OCC)Oc1cc(C)nc(C(C)C)n1.O=C1c2ccccc2C(=O)c2ccccc21. The lowest BCUT2D eigenvalue weighted by atomic mass is 9.84. The van der Waals surface area contributed by atoms with E-state index in [1.807, 2.05) is 34.6 Å². The Balaban J connectivity index is 0.000000197. The van der Waals surface area contributed by atoms with Crippen molar-refractivity contribution in [2.45, 2.75) is 40.5 Å². The van der Waals surface area contributed by atoms with Gasteiger partial charge in [-0.1, -0.05) is 62.4 Å². The van der Waals surface area contributed by atoms with Crippen LogP contribution >= 0.6 is 6.72 Å². The summed E-state index contributed by atoms with van der Waals surface area (Å²) < 4.78 is 16.6. The Morgan fingerprint density at radius 2 is 1.26 bits per heavy atom. The first-order chi connectivity index (χ1) is 16.7. The molecule has 0 N–H and O–H groups in total. The Hall–Kier alpha value is -2.77. The molecule has 4 rings (SSSR count). The number of fused-ring (bicyclic) bond motifs is 2. The molecule has 1 heterocycles. The Morgan fingerprint density at radius 1 is 0.829 bits per heavy atom. The van der Waals surface area contributed by atoms with Crippen LogP contribution in [0.1, 0.15) is 77.0 Å². The zero-order valence-corrected chi connectivity index (χ0v) is 22.2. The molecule has 0 saturated heterocycles. The summed E-state index contributed by atoms with van der Waals surface area (Å²) in [6.07, 6.45) is 0. The van der Waals surface area contributed by atoms with Crippen molar-refractivity contribution >= 4 is 30.1 Å². The van der Waals surface area contributed by atoms with Gasteiger partial charge < -0.3 is 4.52 Å². The van der Waals surface area contributed by atoms with Crippen LogP contribution in [0.15, 0.2) is 54.6 Å². The lowest BCUT2D eigenvalue weighted by Gasteiger charge is -2.20. The first kappa shape index (κ1) is 26.8. The van der Waals surface area contributed by atoms with Crippen LogP contribution in [-0.2, 0) is 20.9 Å². The minimum absolute atomic E-state index is 0.0641. The van der Waals surface area contributed by atoms with Crippen LogP contribution in [0.3, 0.4) is 0 Å². The van der Waals surface area contributed by atoms with Gasteiger partial charge in [-0.2, -0.15) is 4.98 Å². The van der Waals surface area contributed by atoms with Crippen molar-refractivity contribution in [1.29, 1.82) is 0 Å². The Kier molecular flexibility index (Phi) is 9.03. The number of hydrogen-bond donors (Lipinski definition) is 0. The van der Waals surface area contributed by atoms with Crippen LogP contribution in [0.2, 0.25) is 0 Å². The van der Waals surface area contributed by atoms with E-state index in [9.17, 15) is 9.59 Å². The number of benzene rings is 2. The van der Waals surface area contributed by atoms with Gasteiger partial charge in [0.15, 0.2) is 11.6 Å². The Labute approximate surface area is 211 Å². The summed E-state index contributed by atoms with van der Waals surface area (Å²) >= 11 is 5.32. The van der Waals surface area contributed by atoms with Gasteiger partial charge in [0.05, 0.1) is 13.2 Å². The van der Waals surface area contributed by atoms with Crippen molar-refractivity contribution in [3.8, 4) is 5.88 Å². The zero-order valence-electron chi connectivity index (χ0n) is 20.5. The molecule has 0 radical (unpaired) electrons. The van der Waals surface area contributed by atoms with Gasteiger partial charge in [-0.15, -0.1) is 0 Å². The molecule has 35 heavy (non-hydrogen) atoms. The Morgan fingerprint density at radius 3 is 1.63 bits per heavy atom. The summed E-state index contributed by atoms with van der Waals surface area (Å²) in [4.78, 5) is 32.9. The number of ketones is 2. The van der Waals surface area contributed by atoms with Gasteiger partial charge in [-0.3, -0.25) is 18.6 Å². The van der Waals surface area contributed by atoms with Crippen molar-refractivity contribution in [2.24, 2.45) is 0 Å². The first-order valence-electron chi connectivity index (χ1n) is 11.4. The van der Waals surface area contributed by atoms with E-state index in [1.165, 1.54) is 0 Å². The third-order valence-corrected chi connectivity index (χ3v) is 7.39. The summed E-state index contributed by atoms with van der Waals surface area (Å²) in [6, 6.07) is 15.6. The standard InChI is InChI=1S/C14H8O2.C12H21N2O3PS/c15-13-9-5-1-2-6-10(9)14(16)12-8-4-3-7-11(12)13;1-6-15-18(19,16-7-2)17-11-8-10(5)13-12(14-11)9(3)4/h1-8H;8-9H,6-7H2,1-5H3. The monoisotopic (exact) mass is 512 g/mol. The molecular weight excluding hydrogens is 483 g/mol. The van der Waals surface area contributed by atoms with Crippen molar-refractivity contribution in [3.05, 3.63) is 88.4 Å². The molecular formula is C26H29N2O5PS. The molecule has 9 heteroatoms. The highest BCUT2D eigenvalue weighted by molar-refractivity contribution is 8.07. The van der Waals surface area contributed by atoms with Crippen LogP contribution in [0, 0.1) is 6.92 Å². The molecule has 0 amide bonds. The number of carbonyl (C=O) groups is 2. The number of rotatable bonds is 7. The normalized spacial score (nSPS) is 12.5. The molecule has 1 aliphatic rings. The van der Waals surface area contributed by atoms with E-state index in [-0.39, 0.29) is 17.5 Å². The maximum Gasteiger partial charge on any atom is 0.381 e. The summed E-state index contributed by atoms with van der Waals surface area (Å²) in [5, 5.41) is 0. The second-order valence-corrected chi connectivity index (χ2v) is 10.9. The number of hydrogen-bond acceptors (Lipinski definition) is 8. The number of aryl methyl sites for hydroxylation is 1. The summed E-state index contributed by atoms with van der Waals surface area (Å²) in [5.74, 6) is 1.24. The van der Waals surface area contributed by atoms with Crippen LogP contribution in [0.4, 0.5) is 0 Å². The molecule has 0 atom stereocenters. The summed E-state index contributed by atoms with van der Waals surface area (Å²) in [6.45, 7) is 7.78. The van der Waals surface area contributed by atoms with Crippen molar-refractivity contribution in [1.82, 2.24) is 9.97 Å². The van der Waals surface area contributed by atoms with Crippen LogP contribution < -0.4 is 4.52 Å². The fraction of sp³-hybridized carbons (Fsp3) is 0.308. The van der Waals surface area contributed by atoms with E-state index in [2.05, 4.69) is 9.97 Å². The summed E-state index contributed by atoms with van der Waals surface area (Å²) in [7, 11) is 0. The van der Waals surface area contributed by atoms with Gasteiger partial charge >= 0.3 is 6.72 Å². The van der Waals surface area contributed by atoms with Crippen LogP contribution in [0.5, 0.6) is 5.88 Å². The Bertz CT molecular complexity index is 1160. The largest absolute Gasteiger partial charge is 0.406 e. The summed E-state index contributed by atoms with van der Waals surface area (Å²) in [5.41, 5.74) is 2.86. The maximum absolute atomic E-state index is 12.1. The van der Waals surface area contributed by atoms with Crippen molar-refractivity contribution < 1.29 is 23.2 Å². The van der Waals surface area contributed by atoms with Gasteiger partial charge in [0.25, 0.3) is 0 Å². The highest BCUT2D eigenvalue weighted by Gasteiger charge is 2.28. The molecule has 2 aromatic carbocycles. The van der Waals surface area contributed by atoms with E-state index in [0.717, 1.165) is 11.5 Å². The lowest BCUT2D eigenvalue weighted by molar-refractivity contribution is 0.0979. The number of carbonyl (C=O) groups excluding carboxylic acids is 2. The third-order valence-electron chi connectivity index (χ3n) is 4.98. The first-order valence-corrected chi connectivity index (χ1v) is 14.0. The minimum atomic E-state index is -2.77. The van der Waals surface area contributed by atoms with Crippen molar-refractivity contribution in [3.63, 3.8) is 0 Å².